The van der Waals surface area contributed by atoms with E-state index in [2.05, 4.69) is 26.0 Å². The summed E-state index contributed by atoms with van der Waals surface area (Å²) >= 11 is 0. The topological polar surface area (TPSA) is 56.5 Å². The van der Waals surface area contributed by atoms with Crippen LogP contribution in [-0.2, 0) is 13.2 Å². The predicted octanol–water partition coefficient (Wildman–Crippen LogP) is 5.60. The number of ether oxygens (including phenoxy) is 2. The highest BCUT2D eigenvalue weighted by Gasteiger charge is 2.15. The molecule has 0 aliphatic rings. The maximum Gasteiger partial charge on any atom is 0.148 e. The van der Waals surface area contributed by atoms with E-state index in [4.69, 9.17) is 14.5 Å². The number of fused-ring (bicyclic) bond motifs is 1. The summed E-state index contributed by atoms with van der Waals surface area (Å²) in [6, 6.07) is 25.6. The van der Waals surface area contributed by atoms with Crippen molar-refractivity contribution >= 4 is 23.4 Å². The van der Waals surface area contributed by atoms with E-state index in [0.29, 0.717) is 19.1 Å². The zero-order valence-electron chi connectivity index (χ0n) is 18.3. The number of rotatable bonds is 9. The Labute approximate surface area is 195 Å². The zero-order chi connectivity index (χ0) is 21.6. The second-order valence-electron chi connectivity index (χ2n) is 7.92. The van der Waals surface area contributed by atoms with Gasteiger partial charge in [-0.05, 0) is 47.9 Å². The highest BCUT2D eigenvalue weighted by atomic mass is 35.5. The molecule has 4 rings (SSSR count). The number of para-hydroxylation sites is 3. The van der Waals surface area contributed by atoms with Crippen LogP contribution in [0.25, 0.3) is 11.0 Å². The van der Waals surface area contributed by atoms with Gasteiger partial charge in [-0.1, -0.05) is 56.3 Å². The molecule has 168 valence electrons. The van der Waals surface area contributed by atoms with E-state index >= 15 is 0 Å². The average molecular weight is 453 g/mol. The molecule has 0 amide bonds. The third-order valence-corrected chi connectivity index (χ3v) is 5.23. The second-order valence-corrected chi connectivity index (χ2v) is 7.92. The summed E-state index contributed by atoms with van der Waals surface area (Å²) in [4.78, 5) is 4.71. The molecule has 0 aliphatic carbocycles. The Bertz CT molecular complexity index is 1110. The standard InChI is InChI=1S/C26H28N2O3.ClH/c1-19(2)20-12-14-23(15-13-20)30-17-21(29)16-28-25-11-7-6-10-24(25)27-26(28)18-31-22-8-4-3-5-9-22;/h3-15,19,21,29H,16-18H2,1-2H3;1H. The second kappa shape index (κ2) is 11.0. The fourth-order valence-electron chi connectivity index (χ4n) is 3.51. The summed E-state index contributed by atoms with van der Waals surface area (Å²) in [6.07, 6.45) is -0.683. The van der Waals surface area contributed by atoms with Gasteiger partial charge in [-0.2, -0.15) is 0 Å². The van der Waals surface area contributed by atoms with Crippen molar-refractivity contribution in [2.45, 2.75) is 39.0 Å². The van der Waals surface area contributed by atoms with Gasteiger partial charge in [0.1, 0.15) is 36.6 Å². The summed E-state index contributed by atoms with van der Waals surface area (Å²) in [5.74, 6) is 2.79. The number of hydrogen-bond donors (Lipinski definition) is 1. The molecule has 0 spiro atoms. The lowest BCUT2D eigenvalue weighted by molar-refractivity contribution is 0.0917. The first-order valence-electron chi connectivity index (χ1n) is 10.6. The Kier molecular flexibility index (Phi) is 8.14. The van der Waals surface area contributed by atoms with Crippen molar-refractivity contribution in [2.75, 3.05) is 6.61 Å². The van der Waals surface area contributed by atoms with Gasteiger partial charge in [-0.3, -0.25) is 0 Å². The molecule has 4 aromatic rings. The van der Waals surface area contributed by atoms with Crippen LogP contribution < -0.4 is 9.47 Å². The monoisotopic (exact) mass is 452 g/mol. The molecule has 0 saturated carbocycles. The van der Waals surface area contributed by atoms with Crippen LogP contribution in [0.4, 0.5) is 0 Å². The van der Waals surface area contributed by atoms with Crippen LogP contribution in [0, 0.1) is 0 Å². The lowest BCUT2D eigenvalue weighted by Crippen LogP contribution is -2.25. The number of aromatic nitrogens is 2. The minimum Gasteiger partial charge on any atom is -0.491 e. The van der Waals surface area contributed by atoms with E-state index in [9.17, 15) is 5.11 Å². The molecule has 5 nitrogen and oxygen atoms in total. The summed E-state index contributed by atoms with van der Waals surface area (Å²) in [5.41, 5.74) is 3.11. The molecule has 1 unspecified atom stereocenters. The smallest absolute Gasteiger partial charge is 0.148 e. The van der Waals surface area contributed by atoms with Crippen molar-refractivity contribution in [1.29, 1.82) is 0 Å². The highest BCUT2D eigenvalue weighted by molar-refractivity contribution is 5.85. The van der Waals surface area contributed by atoms with Gasteiger partial charge in [0.2, 0.25) is 0 Å². The number of halogens is 1. The largest absolute Gasteiger partial charge is 0.491 e. The molecule has 32 heavy (non-hydrogen) atoms. The summed E-state index contributed by atoms with van der Waals surface area (Å²) in [5, 5.41) is 10.7. The van der Waals surface area contributed by atoms with Crippen molar-refractivity contribution in [1.82, 2.24) is 9.55 Å². The van der Waals surface area contributed by atoms with Crippen molar-refractivity contribution in [2.24, 2.45) is 0 Å². The number of nitrogens with zero attached hydrogens (tertiary/aromatic N) is 2. The van der Waals surface area contributed by atoms with Crippen LogP contribution >= 0.6 is 12.4 Å². The van der Waals surface area contributed by atoms with Gasteiger partial charge in [0.05, 0.1) is 17.6 Å². The molecule has 0 aliphatic heterocycles. The first kappa shape index (κ1) is 23.6. The van der Waals surface area contributed by atoms with Crippen molar-refractivity contribution in [3.8, 4) is 11.5 Å². The number of aliphatic hydroxyl groups excluding tert-OH is 1. The van der Waals surface area contributed by atoms with Crippen LogP contribution in [0.3, 0.4) is 0 Å². The fourth-order valence-corrected chi connectivity index (χ4v) is 3.51. The van der Waals surface area contributed by atoms with E-state index in [1.807, 2.05) is 71.3 Å². The first-order valence-corrected chi connectivity index (χ1v) is 10.6. The SMILES string of the molecule is CC(C)c1ccc(OCC(O)Cn2c(COc3ccccc3)nc3ccccc32)cc1.Cl. The molecule has 0 bridgehead atoms. The molecule has 3 aromatic carbocycles. The molecular weight excluding hydrogens is 424 g/mol. The third kappa shape index (κ3) is 5.81. The van der Waals surface area contributed by atoms with E-state index in [1.54, 1.807) is 0 Å². The summed E-state index contributed by atoms with van der Waals surface area (Å²) in [6.45, 7) is 5.22. The van der Waals surface area contributed by atoms with Crippen LogP contribution in [0.5, 0.6) is 11.5 Å². The Hall–Kier alpha value is -3.02. The highest BCUT2D eigenvalue weighted by Crippen LogP contribution is 2.21. The normalized spacial score (nSPS) is 11.9. The zero-order valence-corrected chi connectivity index (χ0v) is 19.2. The Balaban J connectivity index is 0.00000289. The molecule has 0 fully saturated rings. The average Bonchev–Trinajstić information content (AvgIpc) is 3.14. The summed E-state index contributed by atoms with van der Waals surface area (Å²) < 4.78 is 13.7. The van der Waals surface area contributed by atoms with E-state index in [1.165, 1.54) is 5.56 Å². The van der Waals surface area contributed by atoms with Gasteiger partial charge in [0.25, 0.3) is 0 Å². The number of benzene rings is 3. The predicted molar refractivity (Wildman–Crippen MR) is 130 cm³/mol. The quantitative estimate of drug-likeness (QED) is 0.359. The maximum absolute atomic E-state index is 10.7. The van der Waals surface area contributed by atoms with Crippen LogP contribution in [0.15, 0.2) is 78.9 Å². The molecule has 0 radical (unpaired) electrons. The Morgan fingerprint density at radius 3 is 2.22 bits per heavy atom. The molecular formula is C26H29ClN2O3. The van der Waals surface area contributed by atoms with E-state index in [0.717, 1.165) is 28.4 Å². The number of aliphatic hydroxyl groups is 1. The van der Waals surface area contributed by atoms with Gasteiger partial charge in [-0.15, -0.1) is 12.4 Å². The van der Waals surface area contributed by atoms with Crippen LogP contribution in [0.2, 0.25) is 0 Å². The minimum atomic E-state index is -0.683. The van der Waals surface area contributed by atoms with Gasteiger partial charge >= 0.3 is 0 Å². The lowest BCUT2D eigenvalue weighted by atomic mass is 10.0. The summed E-state index contributed by atoms with van der Waals surface area (Å²) in [7, 11) is 0. The van der Waals surface area contributed by atoms with Gasteiger partial charge in [0.15, 0.2) is 0 Å². The van der Waals surface area contributed by atoms with Crippen LogP contribution in [-0.4, -0.2) is 27.4 Å². The van der Waals surface area contributed by atoms with Crippen LogP contribution in [0.1, 0.15) is 31.2 Å². The Morgan fingerprint density at radius 1 is 0.844 bits per heavy atom. The van der Waals surface area contributed by atoms with Crippen molar-refractivity contribution in [3.05, 3.63) is 90.3 Å². The van der Waals surface area contributed by atoms with E-state index < -0.39 is 6.10 Å². The van der Waals surface area contributed by atoms with Gasteiger partial charge in [-0.25, -0.2) is 4.98 Å². The maximum atomic E-state index is 10.7. The molecule has 1 atom stereocenters. The van der Waals surface area contributed by atoms with Gasteiger partial charge in [0, 0.05) is 0 Å². The van der Waals surface area contributed by atoms with Crippen molar-refractivity contribution in [3.63, 3.8) is 0 Å². The molecule has 1 aromatic heterocycles. The fraction of sp³-hybridized carbons (Fsp3) is 0.269. The molecule has 0 saturated heterocycles. The van der Waals surface area contributed by atoms with Crippen molar-refractivity contribution < 1.29 is 14.6 Å². The minimum absolute atomic E-state index is 0. The molecule has 1 N–H and O–H groups in total. The Morgan fingerprint density at radius 2 is 1.50 bits per heavy atom. The number of hydrogen-bond acceptors (Lipinski definition) is 4. The van der Waals surface area contributed by atoms with Gasteiger partial charge < -0.3 is 19.1 Å². The molecule has 6 heteroatoms. The first-order chi connectivity index (χ1) is 15.1. The van der Waals surface area contributed by atoms with E-state index in [-0.39, 0.29) is 19.0 Å². The number of imidazole rings is 1. The third-order valence-electron chi connectivity index (χ3n) is 5.23. The lowest BCUT2D eigenvalue weighted by Gasteiger charge is -2.16. The molecule has 1 heterocycles.